The number of rotatable bonds is 2. The van der Waals surface area contributed by atoms with Crippen LogP contribution in [0, 0.1) is 6.92 Å². The van der Waals surface area contributed by atoms with E-state index in [1.165, 1.54) is 0 Å². The standard InChI is InChI=1S/C14H14N4OS/c1-3-18-12-9(8(2)16-14(15)17-12)7-10(13(18)19)11-5-4-6-20-11/h4-7H,3H2,1-2H3,(H2,15,16,17). The molecule has 0 saturated carbocycles. The highest BCUT2D eigenvalue weighted by Crippen LogP contribution is 2.25. The van der Waals surface area contributed by atoms with E-state index in [0.717, 1.165) is 16.0 Å². The van der Waals surface area contributed by atoms with E-state index >= 15 is 0 Å². The van der Waals surface area contributed by atoms with Gasteiger partial charge < -0.3 is 5.73 Å². The van der Waals surface area contributed by atoms with E-state index < -0.39 is 0 Å². The molecular formula is C14H14N4OS. The fourth-order valence-electron chi connectivity index (χ4n) is 2.31. The normalized spacial score (nSPS) is 11.1. The lowest BCUT2D eigenvalue weighted by atomic mass is 10.1. The van der Waals surface area contributed by atoms with Gasteiger partial charge in [-0.25, -0.2) is 4.98 Å². The Kier molecular flexibility index (Phi) is 3.02. The lowest BCUT2D eigenvalue weighted by molar-refractivity contribution is 0.750. The maximum Gasteiger partial charge on any atom is 0.260 e. The topological polar surface area (TPSA) is 73.8 Å². The SMILES string of the molecule is CCn1c(=O)c(-c2cccs2)cc2c(C)nc(N)nc21. The summed E-state index contributed by atoms with van der Waals surface area (Å²) in [4.78, 5) is 22.0. The molecule has 3 rings (SSSR count). The number of thiophene rings is 1. The molecule has 6 heteroatoms. The van der Waals surface area contributed by atoms with Crippen LogP contribution in [0.3, 0.4) is 0 Å². The van der Waals surface area contributed by atoms with Gasteiger partial charge in [-0.1, -0.05) is 6.07 Å². The summed E-state index contributed by atoms with van der Waals surface area (Å²) in [7, 11) is 0. The molecule has 20 heavy (non-hydrogen) atoms. The number of hydrogen-bond donors (Lipinski definition) is 1. The first kappa shape index (κ1) is 12.8. The Balaban J connectivity index is 2.46. The molecule has 5 nitrogen and oxygen atoms in total. The summed E-state index contributed by atoms with van der Waals surface area (Å²) < 4.78 is 1.65. The fourth-order valence-corrected chi connectivity index (χ4v) is 3.05. The zero-order chi connectivity index (χ0) is 14.3. The van der Waals surface area contributed by atoms with Crippen molar-refractivity contribution < 1.29 is 0 Å². The molecule has 0 aliphatic carbocycles. The summed E-state index contributed by atoms with van der Waals surface area (Å²) in [5.74, 6) is 0.195. The van der Waals surface area contributed by atoms with Gasteiger partial charge in [-0.15, -0.1) is 11.3 Å². The van der Waals surface area contributed by atoms with E-state index in [-0.39, 0.29) is 11.5 Å². The Morgan fingerprint density at radius 2 is 2.20 bits per heavy atom. The van der Waals surface area contributed by atoms with E-state index in [2.05, 4.69) is 9.97 Å². The van der Waals surface area contributed by atoms with Gasteiger partial charge >= 0.3 is 0 Å². The molecule has 102 valence electrons. The van der Waals surface area contributed by atoms with Crippen LogP contribution in [0.1, 0.15) is 12.6 Å². The summed E-state index contributed by atoms with van der Waals surface area (Å²) in [5.41, 5.74) is 7.72. The van der Waals surface area contributed by atoms with Gasteiger partial charge in [-0.2, -0.15) is 4.98 Å². The van der Waals surface area contributed by atoms with Crippen LogP contribution < -0.4 is 11.3 Å². The second kappa shape index (κ2) is 4.72. The van der Waals surface area contributed by atoms with Crippen LogP contribution in [0.4, 0.5) is 5.95 Å². The molecule has 0 aliphatic heterocycles. The van der Waals surface area contributed by atoms with Crippen LogP contribution in [-0.4, -0.2) is 14.5 Å². The Bertz CT molecular complexity index is 836. The van der Waals surface area contributed by atoms with E-state index in [9.17, 15) is 4.79 Å². The minimum Gasteiger partial charge on any atom is -0.368 e. The summed E-state index contributed by atoms with van der Waals surface area (Å²) in [5, 5.41) is 2.82. The summed E-state index contributed by atoms with van der Waals surface area (Å²) in [6.45, 7) is 4.35. The molecule has 2 N–H and O–H groups in total. The van der Waals surface area contributed by atoms with E-state index in [1.54, 1.807) is 15.9 Å². The molecule has 3 aromatic heterocycles. The Hall–Kier alpha value is -2.21. The molecule has 0 fully saturated rings. The predicted octanol–water partition coefficient (Wildman–Crippen LogP) is 2.43. The fraction of sp³-hybridized carbons (Fsp3) is 0.214. The van der Waals surface area contributed by atoms with Crippen LogP contribution in [0.15, 0.2) is 28.4 Å². The Labute approximate surface area is 119 Å². The number of anilines is 1. The van der Waals surface area contributed by atoms with Gasteiger partial charge in [-0.3, -0.25) is 9.36 Å². The smallest absolute Gasteiger partial charge is 0.260 e. The van der Waals surface area contributed by atoms with Crippen molar-refractivity contribution in [3.63, 3.8) is 0 Å². The first-order valence-corrected chi connectivity index (χ1v) is 7.21. The average molecular weight is 286 g/mol. The zero-order valence-electron chi connectivity index (χ0n) is 11.3. The molecule has 0 aliphatic rings. The van der Waals surface area contributed by atoms with Crippen molar-refractivity contribution in [3.05, 3.63) is 39.6 Å². The largest absolute Gasteiger partial charge is 0.368 e. The lowest BCUT2D eigenvalue weighted by Gasteiger charge is -2.11. The molecule has 0 atom stereocenters. The van der Waals surface area contributed by atoms with Gasteiger partial charge in [0, 0.05) is 16.8 Å². The van der Waals surface area contributed by atoms with Crippen molar-refractivity contribution in [2.75, 3.05) is 5.73 Å². The zero-order valence-corrected chi connectivity index (χ0v) is 12.1. The van der Waals surface area contributed by atoms with Crippen LogP contribution in [-0.2, 0) is 6.54 Å². The van der Waals surface area contributed by atoms with Gasteiger partial charge in [-0.05, 0) is 31.4 Å². The Morgan fingerprint density at radius 3 is 2.85 bits per heavy atom. The molecule has 0 aromatic carbocycles. The number of pyridine rings is 1. The van der Waals surface area contributed by atoms with Crippen LogP contribution in [0.2, 0.25) is 0 Å². The van der Waals surface area contributed by atoms with Crippen molar-refractivity contribution >= 4 is 28.3 Å². The summed E-state index contributed by atoms with van der Waals surface area (Å²) >= 11 is 1.55. The minimum absolute atomic E-state index is 0.0417. The number of nitrogen functional groups attached to an aromatic ring is 1. The second-order valence-corrected chi connectivity index (χ2v) is 5.44. The lowest BCUT2D eigenvalue weighted by Crippen LogP contribution is -2.22. The highest BCUT2D eigenvalue weighted by Gasteiger charge is 2.14. The highest BCUT2D eigenvalue weighted by atomic mass is 32.1. The molecule has 0 saturated heterocycles. The maximum absolute atomic E-state index is 12.6. The summed E-state index contributed by atoms with van der Waals surface area (Å²) in [6.07, 6.45) is 0. The van der Waals surface area contributed by atoms with Gasteiger partial charge in [0.1, 0.15) is 5.65 Å². The van der Waals surface area contributed by atoms with Crippen LogP contribution >= 0.6 is 11.3 Å². The number of nitrogens with two attached hydrogens (primary N) is 1. The van der Waals surface area contributed by atoms with Gasteiger partial charge in [0.05, 0.1) is 11.3 Å². The number of fused-ring (bicyclic) bond motifs is 1. The van der Waals surface area contributed by atoms with Crippen LogP contribution in [0.25, 0.3) is 21.5 Å². The molecular weight excluding hydrogens is 272 g/mol. The monoisotopic (exact) mass is 286 g/mol. The van der Waals surface area contributed by atoms with E-state index in [0.29, 0.717) is 17.8 Å². The minimum atomic E-state index is -0.0417. The van der Waals surface area contributed by atoms with Gasteiger partial charge in [0.25, 0.3) is 5.56 Å². The molecule has 0 radical (unpaired) electrons. The molecule has 3 heterocycles. The van der Waals surface area contributed by atoms with Gasteiger partial charge in [0.15, 0.2) is 0 Å². The quantitative estimate of drug-likeness (QED) is 0.785. The number of nitrogens with zero attached hydrogens (tertiary/aromatic N) is 3. The third-order valence-corrected chi connectivity index (χ3v) is 4.16. The van der Waals surface area contributed by atoms with Crippen molar-refractivity contribution in [1.29, 1.82) is 0 Å². The summed E-state index contributed by atoms with van der Waals surface area (Å²) in [6, 6.07) is 5.75. The van der Waals surface area contributed by atoms with Crippen LogP contribution in [0.5, 0.6) is 0 Å². The first-order chi connectivity index (χ1) is 9.61. The van der Waals surface area contributed by atoms with E-state index in [4.69, 9.17) is 5.73 Å². The highest BCUT2D eigenvalue weighted by molar-refractivity contribution is 7.13. The van der Waals surface area contributed by atoms with Crippen molar-refractivity contribution in [2.24, 2.45) is 0 Å². The van der Waals surface area contributed by atoms with E-state index in [1.807, 2.05) is 37.4 Å². The average Bonchev–Trinajstić information content (AvgIpc) is 2.92. The van der Waals surface area contributed by atoms with Crippen molar-refractivity contribution in [2.45, 2.75) is 20.4 Å². The molecule has 0 unspecified atom stereocenters. The Morgan fingerprint density at radius 1 is 1.40 bits per heavy atom. The third kappa shape index (κ3) is 1.89. The molecule has 0 spiro atoms. The number of aromatic nitrogens is 3. The molecule has 3 aromatic rings. The number of aryl methyl sites for hydroxylation is 2. The molecule has 0 bridgehead atoms. The molecule has 0 amide bonds. The maximum atomic E-state index is 12.6. The first-order valence-electron chi connectivity index (χ1n) is 6.33. The van der Waals surface area contributed by atoms with Gasteiger partial charge in [0.2, 0.25) is 5.95 Å². The van der Waals surface area contributed by atoms with Crippen molar-refractivity contribution in [3.8, 4) is 10.4 Å². The third-order valence-electron chi connectivity index (χ3n) is 3.26. The predicted molar refractivity (Wildman–Crippen MR) is 81.9 cm³/mol. The van der Waals surface area contributed by atoms with Crippen molar-refractivity contribution in [1.82, 2.24) is 14.5 Å². The second-order valence-electron chi connectivity index (χ2n) is 4.49. The number of hydrogen-bond acceptors (Lipinski definition) is 5.